The van der Waals surface area contributed by atoms with Crippen molar-refractivity contribution in [3.05, 3.63) is 77.0 Å². The van der Waals surface area contributed by atoms with E-state index in [1.54, 1.807) is 18.2 Å². The number of aliphatic hydroxyl groups is 1. The number of piperidine rings is 1. The minimum Gasteiger partial charge on any atom is -0.487 e. The van der Waals surface area contributed by atoms with Crippen LogP contribution in [-0.2, 0) is 0 Å². The van der Waals surface area contributed by atoms with E-state index in [9.17, 15) is 15.2 Å². The molecule has 1 unspecified atom stereocenters. The van der Waals surface area contributed by atoms with E-state index in [-0.39, 0.29) is 17.2 Å². The first kappa shape index (κ1) is 22.8. The van der Waals surface area contributed by atoms with Gasteiger partial charge < -0.3 is 24.5 Å². The van der Waals surface area contributed by atoms with Crippen LogP contribution in [0.25, 0.3) is 10.9 Å². The molecule has 4 rings (SSSR count). The topological polar surface area (TPSA) is 101 Å². The first-order valence-corrected chi connectivity index (χ1v) is 11.2. The second kappa shape index (κ2) is 10.5. The normalized spacial score (nSPS) is 15.9. The number of rotatable bonds is 10. The summed E-state index contributed by atoms with van der Waals surface area (Å²) in [6.07, 6.45) is 4.98. The molecule has 2 N–H and O–H groups in total. The molecule has 0 spiro atoms. The van der Waals surface area contributed by atoms with Gasteiger partial charge in [-0.2, -0.15) is 0 Å². The van der Waals surface area contributed by atoms with E-state index in [1.807, 2.05) is 36.5 Å². The number of likely N-dealkylation sites (tertiary alicyclic amines) is 1. The molecule has 0 radical (unpaired) electrons. The van der Waals surface area contributed by atoms with Crippen molar-refractivity contribution in [3.8, 4) is 11.5 Å². The Balaban J connectivity index is 1.28. The number of aromatic nitrogens is 1. The molecule has 0 aliphatic carbocycles. The molecule has 33 heavy (non-hydrogen) atoms. The number of hydrogen-bond donors (Lipinski definition) is 2. The van der Waals surface area contributed by atoms with Gasteiger partial charge in [-0.15, -0.1) is 0 Å². The average molecular weight is 452 g/mol. The van der Waals surface area contributed by atoms with Crippen LogP contribution in [0.5, 0.6) is 11.5 Å². The van der Waals surface area contributed by atoms with Gasteiger partial charge in [0.25, 0.3) is 5.69 Å². The van der Waals surface area contributed by atoms with Crippen LogP contribution < -0.4 is 9.47 Å². The number of nitrogens with one attached hydrogen (secondary N) is 1. The molecule has 3 aromatic rings. The van der Waals surface area contributed by atoms with Gasteiger partial charge in [0.15, 0.2) is 11.5 Å². The Morgan fingerprint density at radius 2 is 1.94 bits per heavy atom. The molecule has 1 saturated heterocycles. The van der Waals surface area contributed by atoms with Crippen molar-refractivity contribution in [2.45, 2.75) is 24.9 Å². The highest BCUT2D eigenvalue weighted by Gasteiger charge is 2.25. The molecule has 0 bridgehead atoms. The second-order valence-electron chi connectivity index (χ2n) is 8.32. The van der Waals surface area contributed by atoms with Crippen molar-refractivity contribution < 1.29 is 19.5 Å². The number of β-amino-alcohol motifs (C(OH)–C–C–N with tert-alkyl or cyclic N) is 1. The number of nitrogens with zero attached hydrogens (tertiary/aromatic N) is 2. The standard InChI is InChI=1S/C25H29N3O5/c1-2-13-32-24-5-3-4-6-25(24)33-17-20(29)16-27-11-9-18(10-12-27)22-15-26-23-14-19(28(30)31)7-8-21(22)23/h2-8,14-15,18,20,26,29H,1,9-13,16-17H2. The molecule has 1 atom stereocenters. The Bertz CT molecular complexity index is 1100. The Hall–Kier alpha value is -3.36. The Morgan fingerprint density at radius 1 is 1.21 bits per heavy atom. The maximum Gasteiger partial charge on any atom is 0.271 e. The molecule has 1 aliphatic heterocycles. The summed E-state index contributed by atoms with van der Waals surface area (Å²) in [5.41, 5.74) is 2.10. The minimum atomic E-state index is -0.609. The highest BCUT2D eigenvalue weighted by Crippen LogP contribution is 2.34. The number of para-hydroxylation sites is 2. The highest BCUT2D eigenvalue weighted by atomic mass is 16.6. The van der Waals surface area contributed by atoms with Gasteiger partial charge in [-0.1, -0.05) is 24.8 Å². The van der Waals surface area contributed by atoms with Crippen LogP contribution in [0.4, 0.5) is 5.69 Å². The molecule has 1 aliphatic rings. The third-order valence-corrected chi connectivity index (χ3v) is 6.04. The van der Waals surface area contributed by atoms with Gasteiger partial charge in [0.05, 0.1) is 10.4 Å². The van der Waals surface area contributed by atoms with Gasteiger partial charge in [-0.3, -0.25) is 10.1 Å². The fourth-order valence-electron chi connectivity index (χ4n) is 4.39. The number of nitro benzene ring substituents is 1. The van der Waals surface area contributed by atoms with Crippen molar-refractivity contribution in [2.75, 3.05) is 32.8 Å². The number of aromatic amines is 1. The van der Waals surface area contributed by atoms with E-state index < -0.39 is 6.10 Å². The Morgan fingerprint density at radius 3 is 2.64 bits per heavy atom. The van der Waals surface area contributed by atoms with Crippen LogP contribution in [0.3, 0.4) is 0 Å². The van der Waals surface area contributed by atoms with Crippen LogP contribution in [-0.4, -0.2) is 58.9 Å². The monoisotopic (exact) mass is 451 g/mol. The minimum absolute atomic E-state index is 0.0943. The maximum absolute atomic E-state index is 11.0. The van der Waals surface area contributed by atoms with E-state index >= 15 is 0 Å². The van der Waals surface area contributed by atoms with Gasteiger partial charge in [-0.05, 0) is 55.6 Å². The van der Waals surface area contributed by atoms with Gasteiger partial charge >= 0.3 is 0 Å². The summed E-state index contributed by atoms with van der Waals surface area (Å²) in [6, 6.07) is 12.4. The number of non-ortho nitro benzene ring substituents is 1. The smallest absolute Gasteiger partial charge is 0.271 e. The highest BCUT2D eigenvalue weighted by molar-refractivity contribution is 5.85. The zero-order valence-electron chi connectivity index (χ0n) is 18.5. The second-order valence-corrected chi connectivity index (χ2v) is 8.32. The lowest BCUT2D eigenvalue weighted by Gasteiger charge is -2.33. The molecule has 1 aromatic heterocycles. The molecule has 0 amide bonds. The first-order valence-electron chi connectivity index (χ1n) is 11.2. The van der Waals surface area contributed by atoms with Gasteiger partial charge in [0.1, 0.15) is 19.3 Å². The molecule has 0 saturated carbocycles. The van der Waals surface area contributed by atoms with Crippen molar-refractivity contribution in [1.82, 2.24) is 9.88 Å². The largest absolute Gasteiger partial charge is 0.487 e. The predicted molar refractivity (Wildman–Crippen MR) is 127 cm³/mol. The number of fused-ring (bicyclic) bond motifs is 1. The lowest BCUT2D eigenvalue weighted by Crippen LogP contribution is -2.40. The summed E-state index contributed by atoms with van der Waals surface area (Å²) in [7, 11) is 0. The van der Waals surface area contributed by atoms with E-state index in [0.29, 0.717) is 30.6 Å². The summed E-state index contributed by atoms with van der Waals surface area (Å²) in [4.78, 5) is 16.1. The van der Waals surface area contributed by atoms with Crippen molar-refractivity contribution in [2.24, 2.45) is 0 Å². The van der Waals surface area contributed by atoms with E-state index in [1.165, 1.54) is 5.56 Å². The van der Waals surface area contributed by atoms with E-state index in [0.717, 1.165) is 36.8 Å². The quantitative estimate of drug-likeness (QED) is 0.271. The van der Waals surface area contributed by atoms with Gasteiger partial charge in [0.2, 0.25) is 0 Å². The number of hydrogen-bond acceptors (Lipinski definition) is 6. The van der Waals surface area contributed by atoms with Crippen LogP contribution >= 0.6 is 0 Å². The molecular weight excluding hydrogens is 422 g/mol. The number of nitro groups is 1. The fourth-order valence-corrected chi connectivity index (χ4v) is 4.39. The average Bonchev–Trinajstić information content (AvgIpc) is 3.25. The molecule has 8 heteroatoms. The first-order chi connectivity index (χ1) is 16.0. The summed E-state index contributed by atoms with van der Waals surface area (Å²) in [5, 5.41) is 22.6. The maximum atomic E-state index is 11.0. The number of benzene rings is 2. The number of H-pyrrole nitrogens is 1. The number of ether oxygens (including phenoxy) is 2. The van der Waals surface area contributed by atoms with Crippen LogP contribution in [0.2, 0.25) is 0 Å². The summed E-state index contributed by atoms with van der Waals surface area (Å²) in [6.45, 7) is 6.53. The molecule has 174 valence electrons. The zero-order valence-corrected chi connectivity index (χ0v) is 18.5. The molecule has 2 aromatic carbocycles. The lowest BCUT2D eigenvalue weighted by atomic mass is 9.89. The summed E-state index contributed by atoms with van der Waals surface area (Å²) in [5.74, 6) is 1.63. The van der Waals surface area contributed by atoms with Crippen molar-refractivity contribution in [1.29, 1.82) is 0 Å². The predicted octanol–water partition coefficient (Wildman–Crippen LogP) is 4.26. The lowest BCUT2D eigenvalue weighted by molar-refractivity contribution is -0.384. The molecule has 1 fully saturated rings. The van der Waals surface area contributed by atoms with E-state index in [4.69, 9.17) is 9.47 Å². The molecule has 2 heterocycles. The SMILES string of the molecule is C=CCOc1ccccc1OCC(O)CN1CCC(c2c[nH]c3cc([N+](=O)[O-])ccc23)CC1. The van der Waals surface area contributed by atoms with Crippen molar-refractivity contribution >= 4 is 16.6 Å². The third kappa shape index (κ3) is 5.53. The van der Waals surface area contributed by atoms with Crippen molar-refractivity contribution in [3.63, 3.8) is 0 Å². The molecule has 8 nitrogen and oxygen atoms in total. The molecular formula is C25H29N3O5. The van der Waals surface area contributed by atoms with Gasteiger partial charge in [0, 0.05) is 30.3 Å². The Labute approximate surface area is 192 Å². The number of aliphatic hydroxyl groups excluding tert-OH is 1. The van der Waals surface area contributed by atoms with Crippen LogP contribution in [0.15, 0.2) is 61.3 Å². The summed E-state index contributed by atoms with van der Waals surface area (Å²) >= 11 is 0. The Kier molecular flexibility index (Phi) is 7.26. The zero-order chi connectivity index (χ0) is 23.2. The van der Waals surface area contributed by atoms with Gasteiger partial charge in [-0.25, -0.2) is 0 Å². The van der Waals surface area contributed by atoms with E-state index in [2.05, 4.69) is 16.5 Å². The summed E-state index contributed by atoms with van der Waals surface area (Å²) < 4.78 is 11.4. The van der Waals surface area contributed by atoms with Crippen LogP contribution in [0.1, 0.15) is 24.3 Å². The third-order valence-electron chi connectivity index (χ3n) is 6.04. The van der Waals surface area contributed by atoms with Crippen LogP contribution in [0, 0.1) is 10.1 Å². The fraction of sp³-hybridized carbons (Fsp3) is 0.360.